The quantitative estimate of drug-likeness (QED) is 0.0494. The molecule has 0 aliphatic carbocycles. The number of amides is 1. The number of rotatable bonds is 11. The lowest BCUT2D eigenvalue weighted by atomic mass is 9.83. The van der Waals surface area contributed by atoms with E-state index < -0.39 is 17.4 Å². The van der Waals surface area contributed by atoms with Gasteiger partial charge in [-0.3, -0.25) is 14.8 Å². The number of hydrogen-bond donors (Lipinski definition) is 7. The minimum atomic E-state index is -0.623. The van der Waals surface area contributed by atoms with Gasteiger partial charge in [0.15, 0.2) is 29.6 Å². The Morgan fingerprint density at radius 2 is 1.02 bits per heavy atom. The number of hydrogen-bond acceptors (Lipinski definition) is 11. The summed E-state index contributed by atoms with van der Waals surface area (Å²) in [4.78, 5) is 20.2. The number of carbonyl (C=O) groups excluding carboxylic acids is 1. The van der Waals surface area contributed by atoms with Crippen molar-refractivity contribution in [1.82, 2.24) is 0 Å². The van der Waals surface area contributed by atoms with Gasteiger partial charge in [0, 0.05) is 45.5 Å². The van der Waals surface area contributed by atoms with Gasteiger partial charge in [0.2, 0.25) is 0 Å². The molecule has 12 nitrogen and oxygen atoms in total. The van der Waals surface area contributed by atoms with Crippen LogP contribution in [0.15, 0.2) is 70.6 Å². The number of carbonyl (C=O) groups is 1. The fraction of sp³-hybridized carbons (Fsp3) is 0.222. The van der Waals surface area contributed by atoms with Crippen LogP contribution >= 0.6 is 0 Å². The first-order chi connectivity index (χ1) is 27.0. The number of fused-ring (bicyclic) bond motifs is 2. The minimum Gasteiger partial charge on any atom is -0.507 e. The van der Waals surface area contributed by atoms with Crippen molar-refractivity contribution >= 4 is 51.3 Å². The Morgan fingerprint density at radius 1 is 0.632 bits per heavy atom. The molecule has 6 aromatic rings. The normalized spacial score (nSPS) is 11.9. The average molecular weight is 772 g/mol. The highest BCUT2D eigenvalue weighted by molar-refractivity contribution is 6.15. The molecule has 0 radical (unpaired) electrons. The molecular weight excluding hydrogens is 727 g/mol. The summed E-state index contributed by atoms with van der Waals surface area (Å²) in [6.45, 7) is 10.7. The van der Waals surface area contributed by atoms with E-state index in [2.05, 4.69) is 9.98 Å². The lowest BCUT2D eigenvalue weighted by molar-refractivity contribution is -0.119. The Morgan fingerprint density at radius 3 is 1.37 bits per heavy atom. The number of nitrogens with two attached hydrogens (primary N) is 1. The van der Waals surface area contributed by atoms with Crippen LogP contribution < -0.4 is 15.2 Å². The largest absolute Gasteiger partial charge is 0.507 e. The molecule has 0 saturated carbocycles. The Hall–Kier alpha value is -6.95. The van der Waals surface area contributed by atoms with Gasteiger partial charge in [-0.2, -0.15) is 0 Å². The summed E-state index contributed by atoms with van der Waals surface area (Å²) in [7, 11) is 1.55. The summed E-state index contributed by atoms with van der Waals surface area (Å²) in [5, 5.41) is 71.7. The molecule has 294 valence electrons. The van der Waals surface area contributed by atoms with E-state index in [0.29, 0.717) is 55.9 Å². The van der Waals surface area contributed by atoms with Crippen LogP contribution in [0.3, 0.4) is 0 Å². The zero-order valence-electron chi connectivity index (χ0n) is 32.7. The van der Waals surface area contributed by atoms with Crippen LogP contribution in [0.25, 0.3) is 32.7 Å². The number of aryl methyl sites for hydroxylation is 2. The van der Waals surface area contributed by atoms with Crippen molar-refractivity contribution in [1.29, 1.82) is 0 Å². The molecule has 0 aliphatic rings. The smallest absolute Gasteiger partial charge is 0.255 e. The highest BCUT2D eigenvalue weighted by Gasteiger charge is 2.29. The van der Waals surface area contributed by atoms with Crippen molar-refractivity contribution in [3.05, 3.63) is 94.0 Å². The van der Waals surface area contributed by atoms with E-state index in [-0.39, 0.29) is 74.5 Å². The third-order valence-corrected chi connectivity index (χ3v) is 9.96. The molecule has 6 rings (SSSR count). The molecule has 0 spiro atoms. The molecule has 0 atom stereocenters. The van der Waals surface area contributed by atoms with Gasteiger partial charge in [0.25, 0.3) is 5.91 Å². The van der Waals surface area contributed by atoms with Crippen LogP contribution in [0.4, 0.5) is 11.4 Å². The number of phenolic OH excluding ortho intramolecular Hbond substituents is 6. The van der Waals surface area contributed by atoms with Gasteiger partial charge < -0.3 is 45.8 Å². The molecule has 0 aliphatic heterocycles. The molecule has 57 heavy (non-hydrogen) atoms. The Labute approximate surface area is 329 Å². The topological polar surface area (TPSA) is 208 Å². The highest BCUT2D eigenvalue weighted by atomic mass is 16.5. The van der Waals surface area contributed by atoms with E-state index in [1.54, 1.807) is 81.6 Å². The van der Waals surface area contributed by atoms with Crippen molar-refractivity contribution < 1.29 is 44.9 Å². The van der Waals surface area contributed by atoms with E-state index in [9.17, 15) is 35.4 Å². The summed E-state index contributed by atoms with van der Waals surface area (Å²) in [6.07, 6.45) is 2.70. The molecule has 0 bridgehead atoms. The average Bonchev–Trinajstić information content (AvgIpc) is 3.16. The van der Waals surface area contributed by atoms with Crippen LogP contribution in [-0.2, 0) is 4.79 Å². The molecule has 0 unspecified atom stereocenters. The molecule has 0 saturated heterocycles. The summed E-state index contributed by atoms with van der Waals surface area (Å²) < 4.78 is 10.6. The Balaban J connectivity index is 1.63. The molecule has 6 aromatic carbocycles. The Kier molecular flexibility index (Phi) is 10.9. The lowest BCUT2D eigenvalue weighted by Gasteiger charge is -2.23. The fourth-order valence-corrected chi connectivity index (χ4v) is 7.35. The predicted molar refractivity (Wildman–Crippen MR) is 223 cm³/mol. The lowest BCUT2D eigenvalue weighted by Crippen LogP contribution is -2.19. The predicted octanol–water partition coefficient (Wildman–Crippen LogP) is 9.13. The van der Waals surface area contributed by atoms with Crippen molar-refractivity contribution in [2.75, 3.05) is 13.7 Å². The molecule has 8 N–H and O–H groups in total. The summed E-state index contributed by atoms with van der Waals surface area (Å²) in [5.41, 5.74) is 8.60. The first-order valence-electron chi connectivity index (χ1n) is 18.3. The van der Waals surface area contributed by atoms with Crippen molar-refractivity contribution in [2.24, 2.45) is 15.7 Å². The second-order valence-corrected chi connectivity index (χ2v) is 14.5. The zero-order chi connectivity index (χ0) is 41.5. The standard InChI is InChI=1S/C45H45N3O9/c1-21(2)34-29-16-23(5)36(42(52)38(29)31(40(50)44(34)54)18-47-25-8-12-27(56-7)13-9-25)37-24(6)17-30-35(22(3)4)45(55)41(51)32(39(30)43(37)53)19-48-26-10-14-28(15-11-26)57-20-33(46)49/h8-19,21-22,50-55H,20H2,1-7H3,(H2,46,49). The van der Waals surface area contributed by atoms with Crippen LogP contribution in [0, 0.1) is 13.8 Å². The van der Waals surface area contributed by atoms with Crippen LogP contribution in [-0.4, -0.2) is 62.7 Å². The van der Waals surface area contributed by atoms with Crippen LogP contribution in [0.2, 0.25) is 0 Å². The minimum absolute atomic E-state index is 0.0228. The van der Waals surface area contributed by atoms with E-state index >= 15 is 0 Å². The summed E-state index contributed by atoms with van der Waals surface area (Å²) in [6, 6.07) is 16.9. The highest BCUT2D eigenvalue weighted by Crippen LogP contribution is 2.54. The number of benzene rings is 6. The van der Waals surface area contributed by atoms with Crippen molar-refractivity contribution in [2.45, 2.75) is 53.4 Å². The molecule has 12 heteroatoms. The number of aromatic hydroxyl groups is 6. The van der Waals surface area contributed by atoms with E-state index in [0.717, 1.165) is 0 Å². The fourth-order valence-electron chi connectivity index (χ4n) is 7.35. The van der Waals surface area contributed by atoms with E-state index in [1.165, 1.54) is 12.4 Å². The van der Waals surface area contributed by atoms with Crippen LogP contribution in [0.5, 0.6) is 46.0 Å². The second-order valence-electron chi connectivity index (χ2n) is 14.5. The van der Waals surface area contributed by atoms with Gasteiger partial charge in [-0.15, -0.1) is 0 Å². The Bertz CT molecular complexity index is 2610. The van der Waals surface area contributed by atoms with Crippen molar-refractivity contribution in [3.8, 4) is 57.1 Å². The molecular formula is C45H45N3O9. The maximum atomic E-state index is 12.4. The van der Waals surface area contributed by atoms with Gasteiger partial charge in [0.1, 0.15) is 23.0 Å². The third-order valence-electron chi connectivity index (χ3n) is 9.96. The number of ether oxygens (including phenoxy) is 2. The first kappa shape index (κ1) is 39.7. The van der Waals surface area contributed by atoms with Gasteiger partial charge in [-0.05, 0) is 96.1 Å². The molecule has 0 heterocycles. The van der Waals surface area contributed by atoms with Crippen molar-refractivity contribution in [3.63, 3.8) is 0 Å². The third kappa shape index (κ3) is 7.29. The van der Waals surface area contributed by atoms with Crippen LogP contribution in [0.1, 0.15) is 72.9 Å². The van der Waals surface area contributed by atoms with Gasteiger partial charge >= 0.3 is 0 Å². The van der Waals surface area contributed by atoms with Gasteiger partial charge in [-0.1, -0.05) is 39.8 Å². The molecule has 0 fully saturated rings. The van der Waals surface area contributed by atoms with E-state index in [4.69, 9.17) is 15.2 Å². The number of aliphatic imine (C=N–C) groups is 2. The number of primary amides is 1. The maximum absolute atomic E-state index is 12.4. The summed E-state index contributed by atoms with van der Waals surface area (Å²) in [5.74, 6) is -2.39. The molecule has 0 aromatic heterocycles. The monoisotopic (exact) mass is 771 g/mol. The zero-order valence-corrected chi connectivity index (χ0v) is 32.7. The number of phenols is 6. The van der Waals surface area contributed by atoms with E-state index in [1.807, 2.05) is 27.7 Å². The second kappa shape index (κ2) is 15.7. The number of methoxy groups -OCH3 is 1. The summed E-state index contributed by atoms with van der Waals surface area (Å²) >= 11 is 0. The SMILES string of the molecule is COc1ccc(N=Cc2c(O)c(O)c(C(C)C)c3cc(C)c(-c4c(C)cc5c(C(C)C)c(O)c(O)c(C=Nc6ccc(OCC(N)=O)cc6)c5c4O)c(O)c23)cc1. The van der Waals surface area contributed by atoms with Gasteiger partial charge in [0.05, 0.1) is 29.6 Å². The van der Waals surface area contributed by atoms with Gasteiger partial charge in [-0.25, -0.2) is 0 Å². The first-order valence-corrected chi connectivity index (χ1v) is 18.3. The maximum Gasteiger partial charge on any atom is 0.255 e. The number of nitrogens with zero attached hydrogens (tertiary/aromatic N) is 2. The molecule has 1 amide bonds.